The van der Waals surface area contributed by atoms with Crippen LogP contribution in [0.2, 0.25) is 0 Å². The molecule has 4 rings (SSSR count). The van der Waals surface area contributed by atoms with Crippen LogP contribution in [0, 0.1) is 5.92 Å². The standard InChI is InChI=1S/C25H32O6S/c1-16(2)5-11-19-24(30-19)22-23(27-3)20(13-14-25(22)15-28-25)29-21(26)12-8-17-6-9-18(10-7-17)31-32-4/h5-10,12,19-20,22-24H,11,13-15H2,1-4H3/b12-8+/t19-,20+,22+,23+,24?,25?/m0/s1. The average Bonchev–Trinajstić information content (AvgIpc) is 3.70. The van der Waals surface area contributed by atoms with Crippen LogP contribution >= 0.6 is 12.0 Å². The largest absolute Gasteiger partial charge is 0.456 e. The molecular formula is C25H32O6S. The minimum absolute atomic E-state index is 0.0718. The van der Waals surface area contributed by atoms with Crippen LogP contribution in [0.3, 0.4) is 0 Å². The van der Waals surface area contributed by atoms with Crippen molar-refractivity contribution < 1.29 is 27.9 Å². The van der Waals surface area contributed by atoms with Crippen molar-refractivity contribution in [3.8, 4) is 5.75 Å². The van der Waals surface area contributed by atoms with E-state index in [9.17, 15) is 4.79 Å². The predicted molar refractivity (Wildman–Crippen MR) is 124 cm³/mol. The van der Waals surface area contributed by atoms with E-state index in [1.54, 1.807) is 13.2 Å². The molecule has 3 aliphatic rings. The van der Waals surface area contributed by atoms with Crippen LogP contribution in [0.4, 0.5) is 0 Å². The first-order valence-electron chi connectivity index (χ1n) is 11.1. The second-order valence-electron chi connectivity index (χ2n) is 8.90. The SMILES string of the molecule is CO[C@@H]1[C@H](OC(=O)/C=C/c2ccc(OSC)cc2)CCC2(CO2)[C@H]1C1O[C@H]1CC=C(C)C. The van der Waals surface area contributed by atoms with Crippen molar-refractivity contribution in [1.82, 2.24) is 0 Å². The van der Waals surface area contributed by atoms with Crippen LogP contribution in [0.25, 0.3) is 6.08 Å². The van der Waals surface area contributed by atoms with E-state index in [2.05, 4.69) is 19.9 Å². The van der Waals surface area contributed by atoms with Crippen molar-refractivity contribution in [2.45, 2.75) is 63.1 Å². The Morgan fingerprint density at radius 3 is 2.66 bits per heavy atom. The van der Waals surface area contributed by atoms with Crippen molar-refractivity contribution in [3.05, 3.63) is 47.6 Å². The fraction of sp³-hybridized carbons (Fsp3) is 0.560. The van der Waals surface area contributed by atoms with Crippen molar-refractivity contribution in [2.75, 3.05) is 20.0 Å². The molecule has 7 heteroatoms. The normalized spacial score (nSPS) is 33.2. The summed E-state index contributed by atoms with van der Waals surface area (Å²) in [5.41, 5.74) is 2.00. The summed E-state index contributed by atoms with van der Waals surface area (Å²) in [6.07, 6.45) is 9.46. The van der Waals surface area contributed by atoms with Crippen LogP contribution in [0.15, 0.2) is 42.0 Å². The summed E-state index contributed by atoms with van der Waals surface area (Å²) in [5, 5.41) is 0. The van der Waals surface area contributed by atoms with Gasteiger partial charge in [0.25, 0.3) is 0 Å². The molecule has 0 amide bonds. The van der Waals surface area contributed by atoms with E-state index >= 15 is 0 Å². The highest BCUT2D eigenvalue weighted by atomic mass is 32.2. The Kier molecular flexibility index (Phi) is 7.30. The Bertz CT molecular complexity index is 856. The molecule has 2 saturated heterocycles. The zero-order chi connectivity index (χ0) is 22.7. The summed E-state index contributed by atoms with van der Waals surface area (Å²) in [6, 6.07) is 7.53. The summed E-state index contributed by atoms with van der Waals surface area (Å²) in [5.74, 6) is 0.475. The van der Waals surface area contributed by atoms with Gasteiger partial charge in [0.1, 0.15) is 18.0 Å². The molecule has 6 nitrogen and oxygen atoms in total. The highest BCUT2D eigenvalue weighted by Crippen LogP contribution is 2.54. The van der Waals surface area contributed by atoms with E-state index in [0.29, 0.717) is 0 Å². The Hall–Kier alpha value is -1.80. The van der Waals surface area contributed by atoms with E-state index in [4.69, 9.17) is 23.1 Å². The number of epoxide rings is 2. The van der Waals surface area contributed by atoms with Gasteiger partial charge in [-0.15, -0.1) is 0 Å². The Morgan fingerprint density at radius 1 is 1.28 bits per heavy atom. The number of esters is 1. The van der Waals surface area contributed by atoms with Gasteiger partial charge in [0.2, 0.25) is 0 Å². The van der Waals surface area contributed by atoms with Gasteiger partial charge in [-0.05, 0) is 56.9 Å². The lowest BCUT2D eigenvalue weighted by Crippen LogP contribution is -2.52. The van der Waals surface area contributed by atoms with E-state index in [-0.39, 0.29) is 41.9 Å². The first-order valence-corrected chi connectivity index (χ1v) is 12.3. The fourth-order valence-electron chi connectivity index (χ4n) is 4.69. The van der Waals surface area contributed by atoms with Gasteiger partial charge in [-0.3, -0.25) is 0 Å². The molecule has 32 heavy (non-hydrogen) atoms. The van der Waals surface area contributed by atoms with Gasteiger partial charge in [0.05, 0.1) is 36.5 Å². The minimum atomic E-state index is -0.370. The zero-order valence-corrected chi connectivity index (χ0v) is 19.9. The Balaban J connectivity index is 1.38. The molecule has 2 unspecified atom stereocenters. The number of ether oxygens (including phenoxy) is 4. The molecule has 0 bridgehead atoms. The Morgan fingerprint density at radius 2 is 2.03 bits per heavy atom. The monoisotopic (exact) mass is 460 g/mol. The third-order valence-electron chi connectivity index (χ3n) is 6.44. The third-order valence-corrected chi connectivity index (χ3v) is 6.80. The van der Waals surface area contributed by atoms with Crippen LogP contribution in [0.1, 0.15) is 38.7 Å². The molecule has 1 aliphatic carbocycles. The van der Waals surface area contributed by atoms with Crippen molar-refractivity contribution in [1.29, 1.82) is 0 Å². The fourth-order valence-corrected chi connectivity index (χ4v) is 4.99. The maximum Gasteiger partial charge on any atom is 0.331 e. The quantitative estimate of drug-likeness (QED) is 0.176. The summed E-state index contributed by atoms with van der Waals surface area (Å²) < 4.78 is 29.0. The van der Waals surface area contributed by atoms with E-state index in [1.165, 1.54) is 23.7 Å². The molecule has 1 saturated carbocycles. The molecule has 0 N–H and O–H groups in total. The molecule has 174 valence electrons. The molecule has 2 aliphatic heterocycles. The molecule has 0 radical (unpaired) electrons. The third kappa shape index (κ3) is 5.39. The van der Waals surface area contributed by atoms with Gasteiger partial charge < -0.3 is 23.1 Å². The second-order valence-corrected chi connectivity index (χ2v) is 9.40. The van der Waals surface area contributed by atoms with E-state index < -0.39 is 0 Å². The lowest BCUT2D eigenvalue weighted by Gasteiger charge is -2.39. The molecule has 1 aromatic rings. The summed E-state index contributed by atoms with van der Waals surface area (Å²) in [4.78, 5) is 12.6. The number of hydrogen-bond acceptors (Lipinski definition) is 7. The van der Waals surface area contributed by atoms with Crippen LogP contribution in [-0.4, -0.2) is 56.0 Å². The second kappa shape index (κ2) is 10.00. The predicted octanol–water partition coefficient (Wildman–Crippen LogP) is 4.59. The summed E-state index contributed by atoms with van der Waals surface area (Å²) >= 11 is 1.29. The van der Waals surface area contributed by atoms with Gasteiger partial charge >= 0.3 is 5.97 Å². The highest BCUT2D eigenvalue weighted by molar-refractivity contribution is 7.94. The van der Waals surface area contributed by atoms with Gasteiger partial charge in [-0.1, -0.05) is 23.8 Å². The lowest BCUT2D eigenvalue weighted by atomic mass is 9.73. The first-order chi connectivity index (χ1) is 15.5. The van der Waals surface area contributed by atoms with Crippen molar-refractivity contribution in [3.63, 3.8) is 0 Å². The number of carbonyl (C=O) groups is 1. The van der Waals surface area contributed by atoms with E-state index in [1.807, 2.05) is 30.5 Å². The maximum atomic E-state index is 12.6. The average molecular weight is 461 g/mol. The number of allylic oxidation sites excluding steroid dienone is 1. The van der Waals surface area contributed by atoms with Gasteiger partial charge in [-0.25, -0.2) is 4.79 Å². The lowest BCUT2D eigenvalue weighted by molar-refractivity contribution is -0.163. The van der Waals surface area contributed by atoms with E-state index in [0.717, 1.165) is 37.2 Å². The number of hydrogen-bond donors (Lipinski definition) is 0. The molecular weight excluding hydrogens is 428 g/mol. The van der Waals surface area contributed by atoms with Crippen molar-refractivity contribution >= 4 is 24.1 Å². The van der Waals surface area contributed by atoms with Crippen LogP contribution in [0.5, 0.6) is 5.75 Å². The van der Waals surface area contributed by atoms with Gasteiger partial charge in [-0.2, -0.15) is 0 Å². The number of carbonyl (C=O) groups excluding carboxylic acids is 1. The molecule has 1 aromatic carbocycles. The molecule has 3 fully saturated rings. The smallest absolute Gasteiger partial charge is 0.331 e. The minimum Gasteiger partial charge on any atom is -0.456 e. The first kappa shape index (κ1) is 23.4. The van der Waals surface area contributed by atoms with Gasteiger partial charge in [0.15, 0.2) is 0 Å². The Labute approximate surface area is 194 Å². The van der Waals surface area contributed by atoms with Gasteiger partial charge in [0, 0.05) is 25.4 Å². The van der Waals surface area contributed by atoms with Crippen LogP contribution < -0.4 is 4.18 Å². The molecule has 2 heterocycles. The van der Waals surface area contributed by atoms with Crippen molar-refractivity contribution in [2.24, 2.45) is 5.92 Å². The van der Waals surface area contributed by atoms with Crippen LogP contribution in [-0.2, 0) is 23.7 Å². The molecule has 6 atom stereocenters. The number of benzene rings is 1. The number of methoxy groups -OCH3 is 1. The zero-order valence-electron chi connectivity index (χ0n) is 19.1. The summed E-state index contributed by atoms with van der Waals surface area (Å²) in [6.45, 7) is 4.91. The number of rotatable bonds is 9. The maximum absolute atomic E-state index is 12.6. The highest BCUT2D eigenvalue weighted by Gasteiger charge is 2.66. The molecule has 0 aromatic heterocycles. The topological polar surface area (TPSA) is 69.8 Å². The molecule has 1 spiro atoms. The summed E-state index contributed by atoms with van der Waals surface area (Å²) in [7, 11) is 1.68.